The summed E-state index contributed by atoms with van der Waals surface area (Å²) >= 11 is 1.68. The summed E-state index contributed by atoms with van der Waals surface area (Å²) in [4.78, 5) is 8.73. The van der Waals surface area contributed by atoms with Gasteiger partial charge in [-0.1, -0.05) is 0 Å². The maximum absolute atomic E-state index is 4.45. The lowest BCUT2D eigenvalue weighted by molar-refractivity contribution is 1.12. The number of anilines is 1. The van der Waals surface area contributed by atoms with Crippen molar-refractivity contribution in [2.24, 2.45) is 0 Å². The predicted octanol–water partition coefficient (Wildman–Crippen LogP) is 2.95. The first-order valence-electron chi connectivity index (χ1n) is 4.91. The Morgan fingerprint density at radius 3 is 2.93 bits per heavy atom. The summed E-state index contributed by atoms with van der Waals surface area (Å²) in [6.07, 6.45) is 1.79. The third-order valence-electron chi connectivity index (χ3n) is 2.11. The quantitative estimate of drug-likeness (QED) is 0.862. The Hall–Kier alpha value is -1.42. The first-order chi connectivity index (χ1) is 7.31. The lowest BCUT2D eigenvalue weighted by Crippen LogP contribution is -2.00. The van der Waals surface area contributed by atoms with E-state index in [1.807, 2.05) is 6.07 Å². The van der Waals surface area contributed by atoms with Gasteiger partial charge in [-0.2, -0.15) is 11.3 Å². The van der Waals surface area contributed by atoms with Gasteiger partial charge in [0.1, 0.15) is 5.82 Å². The van der Waals surface area contributed by atoms with Crippen molar-refractivity contribution in [3.63, 3.8) is 0 Å². The summed E-state index contributed by atoms with van der Waals surface area (Å²) in [5.41, 5.74) is 2.36. The maximum atomic E-state index is 4.45. The number of aryl methyl sites for hydroxylation is 1. The molecule has 2 aromatic heterocycles. The molecule has 78 valence electrons. The highest BCUT2D eigenvalue weighted by molar-refractivity contribution is 7.08. The number of thiophene rings is 1. The Labute approximate surface area is 93.2 Å². The lowest BCUT2D eigenvalue weighted by Gasteiger charge is -2.03. The van der Waals surface area contributed by atoms with E-state index >= 15 is 0 Å². The van der Waals surface area contributed by atoms with Crippen LogP contribution in [0.3, 0.4) is 0 Å². The van der Waals surface area contributed by atoms with Crippen LogP contribution < -0.4 is 5.32 Å². The second-order valence-electron chi connectivity index (χ2n) is 3.26. The SMILES string of the molecule is CCNc1ccnc(-c2cscc2C)n1. The van der Waals surface area contributed by atoms with Crippen LogP contribution in [-0.2, 0) is 0 Å². The molecule has 0 radical (unpaired) electrons. The molecule has 3 nitrogen and oxygen atoms in total. The van der Waals surface area contributed by atoms with Crippen LogP contribution >= 0.6 is 11.3 Å². The molecule has 0 saturated carbocycles. The minimum absolute atomic E-state index is 0.798. The standard InChI is InChI=1S/C11H13N3S/c1-3-12-10-4-5-13-11(14-10)9-7-15-6-8(9)2/h4-7H,3H2,1-2H3,(H,12,13,14). The van der Waals surface area contributed by atoms with Crippen LogP contribution in [0.25, 0.3) is 11.4 Å². The van der Waals surface area contributed by atoms with Crippen molar-refractivity contribution < 1.29 is 0 Å². The molecule has 2 aromatic rings. The zero-order valence-corrected chi connectivity index (χ0v) is 9.64. The normalized spacial score (nSPS) is 10.3. The van der Waals surface area contributed by atoms with Gasteiger partial charge in [0.25, 0.3) is 0 Å². The molecule has 1 N–H and O–H groups in total. The van der Waals surface area contributed by atoms with Crippen molar-refractivity contribution in [2.45, 2.75) is 13.8 Å². The molecule has 0 spiro atoms. The largest absolute Gasteiger partial charge is 0.370 e. The van der Waals surface area contributed by atoms with Gasteiger partial charge in [0, 0.05) is 23.7 Å². The van der Waals surface area contributed by atoms with E-state index in [9.17, 15) is 0 Å². The Balaban J connectivity index is 2.37. The van der Waals surface area contributed by atoms with E-state index in [0.717, 1.165) is 23.8 Å². The number of hydrogen-bond acceptors (Lipinski definition) is 4. The van der Waals surface area contributed by atoms with Gasteiger partial charge < -0.3 is 5.32 Å². The average Bonchev–Trinajstić information content (AvgIpc) is 2.65. The van der Waals surface area contributed by atoms with Gasteiger partial charge in [-0.3, -0.25) is 0 Å². The number of nitrogens with zero attached hydrogens (tertiary/aromatic N) is 2. The highest BCUT2D eigenvalue weighted by Gasteiger charge is 2.05. The Morgan fingerprint density at radius 1 is 1.40 bits per heavy atom. The van der Waals surface area contributed by atoms with Gasteiger partial charge in [0.05, 0.1) is 0 Å². The minimum atomic E-state index is 0.798. The van der Waals surface area contributed by atoms with Crippen LogP contribution in [0.1, 0.15) is 12.5 Å². The highest BCUT2D eigenvalue weighted by atomic mass is 32.1. The fourth-order valence-corrected chi connectivity index (χ4v) is 2.18. The molecule has 0 bridgehead atoms. The molecule has 0 unspecified atom stereocenters. The zero-order chi connectivity index (χ0) is 10.7. The minimum Gasteiger partial charge on any atom is -0.370 e. The highest BCUT2D eigenvalue weighted by Crippen LogP contribution is 2.23. The lowest BCUT2D eigenvalue weighted by atomic mass is 10.2. The molecule has 0 aliphatic carbocycles. The molecule has 0 saturated heterocycles. The second kappa shape index (κ2) is 4.40. The zero-order valence-electron chi connectivity index (χ0n) is 8.82. The summed E-state index contributed by atoms with van der Waals surface area (Å²) in [7, 11) is 0. The fraction of sp³-hybridized carbons (Fsp3) is 0.273. The molecular formula is C11H13N3S. The molecule has 0 amide bonds. The molecule has 0 atom stereocenters. The topological polar surface area (TPSA) is 37.8 Å². The van der Waals surface area contributed by atoms with Crippen LogP contribution in [0.4, 0.5) is 5.82 Å². The molecule has 2 rings (SSSR count). The monoisotopic (exact) mass is 219 g/mol. The number of nitrogens with one attached hydrogen (secondary N) is 1. The Bertz CT molecular complexity index is 451. The third kappa shape index (κ3) is 2.15. The molecule has 0 aliphatic heterocycles. The van der Waals surface area contributed by atoms with Crippen molar-refractivity contribution in [3.05, 3.63) is 28.6 Å². The van der Waals surface area contributed by atoms with E-state index in [0.29, 0.717) is 0 Å². The molecule has 15 heavy (non-hydrogen) atoms. The number of aromatic nitrogens is 2. The van der Waals surface area contributed by atoms with Crippen molar-refractivity contribution in [1.29, 1.82) is 0 Å². The van der Waals surface area contributed by atoms with Crippen molar-refractivity contribution in [3.8, 4) is 11.4 Å². The molecule has 2 heterocycles. The van der Waals surface area contributed by atoms with Crippen molar-refractivity contribution in [2.75, 3.05) is 11.9 Å². The Kier molecular flexibility index (Phi) is 2.97. The van der Waals surface area contributed by atoms with Gasteiger partial charge in [-0.25, -0.2) is 9.97 Å². The van der Waals surface area contributed by atoms with E-state index < -0.39 is 0 Å². The predicted molar refractivity (Wildman–Crippen MR) is 64.2 cm³/mol. The van der Waals surface area contributed by atoms with E-state index in [1.165, 1.54) is 5.56 Å². The third-order valence-corrected chi connectivity index (χ3v) is 2.97. The van der Waals surface area contributed by atoms with Gasteiger partial charge in [-0.15, -0.1) is 0 Å². The summed E-state index contributed by atoms with van der Waals surface area (Å²) < 4.78 is 0. The first kappa shape index (κ1) is 10.1. The Morgan fingerprint density at radius 2 is 2.27 bits per heavy atom. The molecule has 0 fully saturated rings. The number of hydrogen-bond donors (Lipinski definition) is 1. The van der Waals surface area contributed by atoms with Crippen molar-refractivity contribution >= 4 is 17.2 Å². The van der Waals surface area contributed by atoms with Gasteiger partial charge in [0.15, 0.2) is 5.82 Å². The molecule has 4 heteroatoms. The van der Waals surface area contributed by atoms with Crippen LogP contribution in [0.2, 0.25) is 0 Å². The van der Waals surface area contributed by atoms with Gasteiger partial charge in [-0.05, 0) is 30.9 Å². The first-order valence-corrected chi connectivity index (χ1v) is 5.85. The van der Waals surface area contributed by atoms with Crippen molar-refractivity contribution in [1.82, 2.24) is 9.97 Å². The second-order valence-corrected chi connectivity index (χ2v) is 4.01. The fourth-order valence-electron chi connectivity index (χ4n) is 1.36. The van der Waals surface area contributed by atoms with Crippen LogP contribution in [0.5, 0.6) is 0 Å². The molecular weight excluding hydrogens is 206 g/mol. The van der Waals surface area contributed by atoms with E-state index in [-0.39, 0.29) is 0 Å². The number of rotatable bonds is 3. The summed E-state index contributed by atoms with van der Waals surface area (Å²) in [6, 6.07) is 1.88. The van der Waals surface area contributed by atoms with Crippen LogP contribution in [-0.4, -0.2) is 16.5 Å². The summed E-state index contributed by atoms with van der Waals surface area (Å²) in [5, 5.41) is 7.38. The van der Waals surface area contributed by atoms with Crippen LogP contribution in [0.15, 0.2) is 23.0 Å². The smallest absolute Gasteiger partial charge is 0.162 e. The van der Waals surface area contributed by atoms with Gasteiger partial charge in [0.2, 0.25) is 0 Å². The van der Waals surface area contributed by atoms with E-state index in [2.05, 4.69) is 39.9 Å². The van der Waals surface area contributed by atoms with Gasteiger partial charge >= 0.3 is 0 Å². The summed E-state index contributed by atoms with van der Waals surface area (Å²) in [5.74, 6) is 1.68. The van der Waals surface area contributed by atoms with Crippen LogP contribution in [0, 0.1) is 6.92 Å². The molecule has 0 aliphatic rings. The van der Waals surface area contributed by atoms with E-state index in [1.54, 1.807) is 17.5 Å². The average molecular weight is 219 g/mol. The maximum Gasteiger partial charge on any atom is 0.162 e. The molecule has 0 aromatic carbocycles. The summed E-state index contributed by atoms with van der Waals surface area (Å²) in [6.45, 7) is 5.01. The van der Waals surface area contributed by atoms with E-state index in [4.69, 9.17) is 0 Å².